The maximum absolute atomic E-state index is 13.6. The van der Waals surface area contributed by atoms with E-state index in [1.807, 2.05) is 20.8 Å². The molecule has 5 heteroatoms. The molecule has 0 aliphatic rings. The Morgan fingerprint density at radius 1 is 1.45 bits per heavy atom. The second kappa shape index (κ2) is 7.24. The van der Waals surface area contributed by atoms with E-state index in [2.05, 4.69) is 0 Å². The Morgan fingerprint density at radius 3 is 2.55 bits per heavy atom. The molecule has 20 heavy (non-hydrogen) atoms. The van der Waals surface area contributed by atoms with Gasteiger partial charge in [0.2, 0.25) is 5.91 Å². The van der Waals surface area contributed by atoms with Crippen LogP contribution in [-0.4, -0.2) is 30.5 Å². The minimum Gasteiger partial charge on any atom is -0.494 e. The van der Waals surface area contributed by atoms with Gasteiger partial charge in [-0.25, -0.2) is 4.39 Å². The van der Waals surface area contributed by atoms with Crippen molar-refractivity contribution in [2.24, 2.45) is 11.7 Å². The van der Waals surface area contributed by atoms with Gasteiger partial charge in [0.15, 0.2) is 11.6 Å². The van der Waals surface area contributed by atoms with E-state index in [1.165, 1.54) is 13.2 Å². The Bertz CT molecular complexity index is 463. The first-order valence-corrected chi connectivity index (χ1v) is 6.77. The van der Waals surface area contributed by atoms with E-state index in [-0.39, 0.29) is 17.6 Å². The number of ether oxygens (including phenoxy) is 1. The number of hydrogen-bond acceptors (Lipinski definition) is 3. The van der Waals surface area contributed by atoms with E-state index >= 15 is 0 Å². The number of likely N-dealkylation sites (N-methyl/N-ethyl adjacent to an activating group) is 1. The van der Waals surface area contributed by atoms with Crippen LogP contribution in [0.4, 0.5) is 4.39 Å². The summed E-state index contributed by atoms with van der Waals surface area (Å²) in [6.45, 7) is 6.57. The van der Waals surface area contributed by atoms with Gasteiger partial charge in [-0.05, 0) is 30.5 Å². The predicted molar refractivity (Wildman–Crippen MR) is 76.9 cm³/mol. The van der Waals surface area contributed by atoms with E-state index in [0.717, 1.165) is 5.56 Å². The molecule has 1 aromatic rings. The highest BCUT2D eigenvalue weighted by atomic mass is 19.1. The number of methoxy groups -OCH3 is 1. The summed E-state index contributed by atoms with van der Waals surface area (Å²) < 4.78 is 18.5. The highest BCUT2D eigenvalue weighted by Crippen LogP contribution is 2.19. The minimum atomic E-state index is -0.530. The Labute approximate surface area is 119 Å². The largest absolute Gasteiger partial charge is 0.494 e. The van der Waals surface area contributed by atoms with Gasteiger partial charge in [0.25, 0.3) is 0 Å². The van der Waals surface area contributed by atoms with Gasteiger partial charge in [-0.1, -0.05) is 19.9 Å². The zero-order valence-electron chi connectivity index (χ0n) is 12.5. The molecule has 0 radical (unpaired) electrons. The summed E-state index contributed by atoms with van der Waals surface area (Å²) in [6, 6.07) is 4.16. The molecule has 0 fully saturated rings. The van der Waals surface area contributed by atoms with E-state index in [9.17, 15) is 9.18 Å². The van der Waals surface area contributed by atoms with Crippen molar-refractivity contribution >= 4 is 5.91 Å². The first-order valence-electron chi connectivity index (χ1n) is 6.77. The summed E-state index contributed by atoms with van der Waals surface area (Å²) >= 11 is 0. The van der Waals surface area contributed by atoms with Crippen LogP contribution in [0, 0.1) is 11.7 Å². The molecule has 112 valence electrons. The van der Waals surface area contributed by atoms with Crippen LogP contribution in [-0.2, 0) is 11.3 Å². The molecule has 1 atom stereocenters. The molecular weight excluding hydrogens is 259 g/mol. The fourth-order valence-corrected chi connectivity index (χ4v) is 1.87. The number of halogens is 1. The number of carbonyl (C=O) groups is 1. The van der Waals surface area contributed by atoms with Crippen molar-refractivity contribution < 1.29 is 13.9 Å². The summed E-state index contributed by atoms with van der Waals surface area (Å²) in [5.41, 5.74) is 6.60. The van der Waals surface area contributed by atoms with Crippen molar-refractivity contribution in [3.05, 3.63) is 29.6 Å². The number of carbonyl (C=O) groups excluding carboxylic acids is 1. The van der Waals surface area contributed by atoms with E-state index in [1.54, 1.807) is 17.0 Å². The van der Waals surface area contributed by atoms with Crippen molar-refractivity contribution in [2.75, 3.05) is 13.7 Å². The van der Waals surface area contributed by atoms with Crippen LogP contribution >= 0.6 is 0 Å². The van der Waals surface area contributed by atoms with Gasteiger partial charge >= 0.3 is 0 Å². The smallest absolute Gasteiger partial charge is 0.240 e. The number of nitrogens with two attached hydrogens (primary N) is 1. The first-order chi connectivity index (χ1) is 9.40. The van der Waals surface area contributed by atoms with E-state index in [0.29, 0.717) is 13.1 Å². The fourth-order valence-electron chi connectivity index (χ4n) is 1.87. The summed E-state index contributed by atoms with van der Waals surface area (Å²) in [4.78, 5) is 13.8. The van der Waals surface area contributed by atoms with E-state index < -0.39 is 11.9 Å². The average Bonchev–Trinajstić information content (AvgIpc) is 2.43. The molecule has 4 nitrogen and oxygen atoms in total. The third-order valence-corrected chi connectivity index (χ3v) is 3.29. The third-order valence-electron chi connectivity index (χ3n) is 3.29. The van der Waals surface area contributed by atoms with Gasteiger partial charge < -0.3 is 15.4 Å². The molecule has 0 heterocycles. The van der Waals surface area contributed by atoms with Crippen LogP contribution in [0.2, 0.25) is 0 Å². The van der Waals surface area contributed by atoms with Crippen LogP contribution in [0.3, 0.4) is 0 Å². The molecule has 0 aromatic heterocycles. The lowest BCUT2D eigenvalue weighted by Gasteiger charge is -2.26. The molecule has 0 saturated heterocycles. The quantitative estimate of drug-likeness (QED) is 0.870. The molecule has 1 aromatic carbocycles. The van der Waals surface area contributed by atoms with Crippen LogP contribution in [0.25, 0.3) is 0 Å². The summed E-state index contributed by atoms with van der Waals surface area (Å²) in [5, 5.41) is 0. The molecule has 1 amide bonds. The average molecular weight is 282 g/mol. The topological polar surface area (TPSA) is 55.6 Å². The molecular formula is C15H23FN2O2. The standard InChI is InChI=1S/C15H23FN2O2/c1-5-18(15(19)14(17)10(2)3)9-11-6-7-13(20-4)12(16)8-11/h6-8,10,14H,5,9,17H2,1-4H3. The van der Waals surface area contributed by atoms with Crippen LogP contribution < -0.4 is 10.5 Å². The summed E-state index contributed by atoms with van der Waals surface area (Å²) in [7, 11) is 1.42. The summed E-state index contributed by atoms with van der Waals surface area (Å²) in [5.74, 6) is -0.272. The molecule has 0 spiro atoms. The first kappa shape index (κ1) is 16.4. The molecule has 0 aliphatic carbocycles. The molecule has 0 aliphatic heterocycles. The predicted octanol–water partition coefficient (Wildman–Crippen LogP) is 2.17. The maximum Gasteiger partial charge on any atom is 0.240 e. The van der Waals surface area contributed by atoms with Gasteiger partial charge in [0.05, 0.1) is 13.2 Å². The number of nitrogens with zero attached hydrogens (tertiary/aromatic N) is 1. The Balaban J connectivity index is 2.83. The van der Waals surface area contributed by atoms with Crippen molar-refractivity contribution in [2.45, 2.75) is 33.4 Å². The Kier molecular flexibility index (Phi) is 5.95. The van der Waals surface area contributed by atoms with Gasteiger partial charge in [-0.3, -0.25) is 4.79 Å². The Hall–Kier alpha value is -1.62. The zero-order valence-corrected chi connectivity index (χ0v) is 12.5. The van der Waals surface area contributed by atoms with Gasteiger partial charge in [-0.15, -0.1) is 0 Å². The van der Waals surface area contributed by atoms with Gasteiger partial charge in [-0.2, -0.15) is 0 Å². The van der Waals surface area contributed by atoms with Crippen molar-refractivity contribution in [1.82, 2.24) is 4.90 Å². The SMILES string of the molecule is CCN(Cc1ccc(OC)c(F)c1)C(=O)C(N)C(C)C. The van der Waals surface area contributed by atoms with Crippen molar-refractivity contribution in [3.8, 4) is 5.75 Å². The third kappa shape index (κ3) is 3.93. The Morgan fingerprint density at radius 2 is 2.10 bits per heavy atom. The normalized spacial score (nSPS) is 12.3. The lowest BCUT2D eigenvalue weighted by molar-refractivity contribution is -0.134. The molecule has 0 bridgehead atoms. The van der Waals surface area contributed by atoms with Crippen molar-refractivity contribution in [3.63, 3.8) is 0 Å². The number of amides is 1. The minimum absolute atomic E-state index is 0.0733. The highest BCUT2D eigenvalue weighted by Gasteiger charge is 2.22. The van der Waals surface area contributed by atoms with E-state index in [4.69, 9.17) is 10.5 Å². The number of hydrogen-bond donors (Lipinski definition) is 1. The number of rotatable bonds is 6. The number of benzene rings is 1. The maximum atomic E-state index is 13.6. The lowest BCUT2D eigenvalue weighted by Crippen LogP contribution is -2.46. The molecule has 0 saturated carbocycles. The second-order valence-corrected chi connectivity index (χ2v) is 5.09. The monoisotopic (exact) mass is 282 g/mol. The fraction of sp³-hybridized carbons (Fsp3) is 0.533. The van der Waals surface area contributed by atoms with Gasteiger partial charge in [0, 0.05) is 13.1 Å². The zero-order chi connectivity index (χ0) is 15.3. The summed E-state index contributed by atoms with van der Waals surface area (Å²) in [6.07, 6.45) is 0. The van der Waals surface area contributed by atoms with Crippen LogP contribution in [0.5, 0.6) is 5.75 Å². The van der Waals surface area contributed by atoms with Crippen molar-refractivity contribution in [1.29, 1.82) is 0 Å². The highest BCUT2D eigenvalue weighted by molar-refractivity contribution is 5.81. The molecule has 2 N–H and O–H groups in total. The molecule has 1 rings (SSSR count). The molecule has 1 unspecified atom stereocenters. The second-order valence-electron chi connectivity index (χ2n) is 5.09. The van der Waals surface area contributed by atoms with Crippen LogP contribution in [0.15, 0.2) is 18.2 Å². The van der Waals surface area contributed by atoms with Crippen LogP contribution in [0.1, 0.15) is 26.3 Å². The lowest BCUT2D eigenvalue weighted by atomic mass is 10.0. The van der Waals surface area contributed by atoms with Gasteiger partial charge in [0.1, 0.15) is 0 Å².